The Bertz CT molecular complexity index is 471. The fraction of sp³-hybridized carbons (Fsp3) is 0.154. The molecule has 0 bridgehead atoms. The summed E-state index contributed by atoms with van der Waals surface area (Å²) in [7, 11) is 0. The highest BCUT2D eigenvalue weighted by atomic mass is 16.2. The highest BCUT2D eigenvalue weighted by Gasteiger charge is 2.12. The molecule has 0 atom stereocenters. The van der Waals surface area contributed by atoms with Crippen LogP contribution < -0.4 is 11.2 Å². The van der Waals surface area contributed by atoms with Gasteiger partial charge in [0.15, 0.2) is 0 Å². The Hall–Kier alpha value is -2.47. The molecule has 1 aromatic carbocycles. The number of rotatable bonds is 5. The largest absolute Gasteiger partial charge is 0.322 e. The lowest BCUT2D eigenvalue weighted by molar-refractivity contribution is -0.136. The molecule has 6 nitrogen and oxygen atoms in total. The Balaban J connectivity index is 2.69. The number of nitrogens with one attached hydrogen (secondary N) is 1. The molecule has 0 unspecified atom stereocenters. The molecule has 0 aliphatic heterocycles. The SMILES string of the molecule is NCC(=O)NN(C[C]=O)C(=O)C=Cc1ccccc1. The van der Waals surface area contributed by atoms with E-state index in [4.69, 9.17) is 5.73 Å². The minimum absolute atomic E-state index is 0.273. The fourth-order valence-corrected chi connectivity index (χ4v) is 1.25. The molecule has 0 aliphatic rings. The molecular formula is C13H14N3O3. The van der Waals surface area contributed by atoms with E-state index in [2.05, 4.69) is 5.43 Å². The Morgan fingerprint density at radius 1 is 1.32 bits per heavy atom. The Morgan fingerprint density at radius 2 is 2.00 bits per heavy atom. The topological polar surface area (TPSA) is 92.5 Å². The molecule has 99 valence electrons. The number of benzene rings is 1. The second-order valence-corrected chi connectivity index (χ2v) is 3.55. The van der Waals surface area contributed by atoms with Gasteiger partial charge in [-0.15, -0.1) is 0 Å². The summed E-state index contributed by atoms with van der Waals surface area (Å²) in [5.41, 5.74) is 8.15. The van der Waals surface area contributed by atoms with Crippen molar-refractivity contribution >= 4 is 24.2 Å². The van der Waals surface area contributed by atoms with Crippen LogP contribution in [0.2, 0.25) is 0 Å². The van der Waals surface area contributed by atoms with E-state index in [-0.39, 0.29) is 13.1 Å². The number of hydrogen-bond acceptors (Lipinski definition) is 4. The van der Waals surface area contributed by atoms with Crippen LogP contribution in [-0.2, 0) is 14.4 Å². The average Bonchev–Trinajstić information content (AvgIpc) is 2.45. The summed E-state index contributed by atoms with van der Waals surface area (Å²) < 4.78 is 0. The van der Waals surface area contributed by atoms with Gasteiger partial charge in [-0.2, -0.15) is 0 Å². The van der Waals surface area contributed by atoms with Crippen molar-refractivity contribution in [3.63, 3.8) is 0 Å². The number of nitrogens with two attached hydrogens (primary N) is 1. The summed E-state index contributed by atoms with van der Waals surface area (Å²) in [6.07, 6.45) is 4.37. The molecular weight excluding hydrogens is 246 g/mol. The van der Waals surface area contributed by atoms with Gasteiger partial charge in [-0.05, 0) is 11.6 Å². The van der Waals surface area contributed by atoms with Gasteiger partial charge in [0, 0.05) is 6.08 Å². The molecule has 0 saturated carbocycles. The van der Waals surface area contributed by atoms with Gasteiger partial charge in [-0.25, -0.2) is 5.01 Å². The van der Waals surface area contributed by atoms with Crippen LogP contribution in [0.15, 0.2) is 36.4 Å². The summed E-state index contributed by atoms with van der Waals surface area (Å²) in [6.45, 7) is -0.630. The number of amides is 2. The maximum Gasteiger partial charge on any atom is 0.265 e. The first-order chi connectivity index (χ1) is 9.17. The predicted octanol–water partition coefficient (Wildman–Crippen LogP) is -0.372. The van der Waals surface area contributed by atoms with Crippen molar-refractivity contribution in [3.8, 4) is 0 Å². The summed E-state index contributed by atoms with van der Waals surface area (Å²) in [5.74, 6) is -1.09. The summed E-state index contributed by atoms with van der Waals surface area (Å²) in [5, 5.41) is 0.849. The van der Waals surface area contributed by atoms with Crippen LogP contribution in [0, 0.1) is 0 Å². The Labute approximate surface area is 110 Å². The van der Waals surface area contributed by atoms with E-state index in [0.29, 0.717) is 0 Å². The van der Waals surface area contributed by atoms with Crippen molar-refractivity contribution in [2.75, 3.05) is 13.1 Å². The van der Waals surface area contributed by atoms with Crippen molar-refractivity contribution < 1.29 is 14.4 Å². The van der Waals surface area contributed by atoms with Crippen molar-refractivity contribution in [1.29, 1.82) is 0 Å². The number of hydrogen-bond donors (Lipinski definition) is 2. The fourth-order valence-electron chi connectivity index (χ4n) is 1.25. The van der Waals surface area contributed by atoms with Crippen LogP contribution in [0.5, 0.6) is 0 Å². The van der Waals surface area contributed by atoms with Gasteiger partial charge in [0.2, 0.25) is 6.29 Å². The summed E-state index contributed by atoms with van der Waals surface area (Å²) in [6, 6.07) is 9.15. The van der Waals surface area contributed by atoms with Crippen molar-refractivity contribution in [2.24, 2.45) is 5.73 Å². The van der Waals surface area contributed by atoms with Crippen LogP contribution in [-0.4, -0.2) is 36.2 Å². The minimum atomic E-state index is -0.559. The molecule has 3 N–H and O–H groups in total. The molecule has 0 saturated heterocycles. The maximum absolute atomic E-state index is 11.8. The molecule has 1 aromatic rings. The molecule has 6 heteroatoms. The molecule has 1 radical (unpaired) electrons. The van der Waals surface area contributed by atoms with Gasteiger partial charge in [0.1, 0.15) is 6.54 Å². The third kappa shape index (κ3) is 5.13. The number of hydrazine groups is 1. The maximum atomic E-state index is 11.8. The first-order valence-corrected chi connectivity index (χ1v) is 5.56. The van der Waals surface area contributed by atoms with Crippen LogP contribution in [0.25, 0.3) is 6.08 Å². The second kappa shape index (κ2) is 7.78. The molecule has 0 fully saturated rings. The number of carbonyl (C=O) groups is 2. The lowest BCUT2D eigenvalue weighted by Gasteiger charge is -2.18. The standard InChI is InChI=1S/C13H14N3O3/c14-10-12(18)15-16(8-9-17)13(19)7-6-11-4-2-1-3-5-11/h1-7H,8,10,14H2,(H,15,18). The number of carbonyl (C=O) groups excluding carboxylic acids is 3. The van der Waals surface area contributed by atoms with E-state index in [1.807, 2.05) is 30.3 Å². The highest BCUT2D eigenvalue weighted by Crippen LogP contribution is 2.01. The van der Waals surface area contributed by atoms with E-state index in [0.717, 1.165) is 10.6 Å². The molecule has 0 aromatic heterocycles. The van der Waals surface area contributed by atoms with Crippen molar-refractivity contribution in [2.45, 2.75) is 0 Å². The molecule has 19 heavy (non-hydrogen) atoms. The second-order valence-electron chi connectivity index (χ2n) is 3.55. The summed E-state index contributed by atoms with van der Waals surface area (Å²) >= 11 is 0. The predicted molar refractivity (Wildman–Crippen MR) is 70.1 cm³/mol. The quantitative estimate of drug-likeness (QED) is 0.558. The third-order valence-corrected chi connectivity index (χ3v) is 2.15. The normalized spacial score (nSPS) is 10.2. The lowest BCUT2D eigenvalue weighted by Crippen LogP contribution is -2.48. The molecule has 0 heterocycles. The minimum Gasteiger partial charge on any atom is -0.322 e. The molecule has 2 amide bonds. The first kappa shape index (κ1) is 14.6. The van der Waals surface area contributed by atoms with Crippen LogP contribution in [0.3, 0.4) is 0 Å². The average molecular weight is 260 g/mol. The van der Waals surface area contributed by atoms with Gasteiger partial charge in [0.05, 0.1) is 6.54 Å². The van der Waals surface area contributed by atoms with E-state index < -0.39 is 11.8 Å². The van der Waals surface area contributed by atoms with Crippen molar-refractivity contribution in [1.82, 2.24) is 10.4 Å². The van der Waals surface area contributed by atoms with E-state index >= 15 is 0 Å². The zero-order chi connectivity index (χ0) is 14.1. The van der Waals surface area contributed by atoms with Gasteiger partial charge in [-0.3, -0.25) is 19.8 Å². The summed E-state index contributed by atoms with van der Waals surface area (Å²) in [4.78, 5) is 33.2. The lowest BCUT2D eigenvalue weighted by atomic mass is 10.2. The highest BCUT2D eigenvalue weighted by molar-refractivity contribution is 5.94. The van der Waals surface area contributed by atoms with Crippen molar-refractivity contribution in [3.05, 3.63) is 42.0 Å². The molecule has 0 aliphatic carbocycles. The van der Waals surface area contributed by atoms with E-state index in [9.17, 15) is 14.4 Å². The zero-order valence-electron chi connectivity index (χ0n) is 10.2. The Kier molecular flexibility index (Phi) is 5.97. The Morgan fingerprint density at radius 3 is 2.58 bits per heavy atom. The van der Waals surface area contributed by atoms with Gasteiger partial charge >= 0.3 is 0 Å². The van der Waals surface area contributed by atoms with Gasteiger partial charge in [-0.1, -0.05) is 30.3 Å². The third-order valence-electron chi connectivity index (χ3n) is 2.15. The van der Waals surface area contributed by atoms with Crippen LogP contribution >= 0.6 is 0 Å². The number of nitrogens with zero attached hydrogens (tertiary/aromatic N) is 1. The van der Waals surface area contributed by atoms with E-state index in [1.165, 1.54) is 6.08 Å². The van der Waals surface area contributed by atoms with Crippen LogP contribution in [0.1, 0.15) is 5.56 Å². The van der Waals surface area contributed by atoms with Gasteiger partial charge in [0.25, 0.3) is 11.8 Å². The molecule has 0 spiro atoms. The zero-order valence-corrected chi connectivity index (χ0v) is 10.2. The monoisotopic (exact) mass is 260 g/mol. The van der Waals surface area contributed by atoms with E-state index in [1.54, 1.807) is 12.4 Å². The molecule has 1 rings (SSSR count). The smallest absolute Gasteiger partial charge is 0.265 e. The van der Waals surface area contributed by atoms with Crippen LogP contribution in [0.4, 0.5) is 0 Å². The van der Waals surface area contributed by atoms with Gasteiger partial charge < -0.3 is 5.73 Å². The first-order valence-electron chi connectivity index (χ1n) is 5.56.